The molecule has 0 aromatic carbocycles. The van der Waals surface area contributed by atoms with Crippen LogP contribution in [-0.4, -0.2) is 48.5 Å². The van der Waals surface area contributed by atoms with E-state index in [0.717, 1.165) is 0 Å². The lowest BCUT2D eigenvalue weighted by molar-refractivity contribution is -0.229. The van der Waals surface area contributed by atoms with Gasteiger partial charge in [-0.15, -0.1) is 0 Å². The van der Waals surface area contributed by atoms with Gasteiger partial charge >= 0.3 is 18.1 Å². The van der Waals surface area contributed by atoms with E-state index in [4.69, 9.17) is 9.29 Å². The number of alkyl halides is 3. The molecule has 4 bridgehead atoms. The van der Waals surface area contributed by atoms with Crippen LogP contribution in [0.25, 0.3) is 0 Å². The van der Waals surface area contributed by atoms with Gasteiger partial charge in [-0.1, -0.05) is 6.58 Å². The molecule has 4 aliphatic carbocycles. The Morgan fingerprint density at radius 2 is 1.76 bits per heavy atom. The Balaban J connectivity index is 1.75. The smallest absolute Gasteiger partial charge is 0.426 e. The second kappa shape index (κ2) is 7.26. The van der Waals surface area contributed by atoms with Crippen LogP contribution in [0.3, 0.4) is 0 Å². The minimum atomic E-state index is -5.13. The van der Waals surface area contributed by atoms with Crippen molar-refractivity contribution in [1.82, 2.24) is 0 Å². The molecule has 0 aromatic rings. The van der Waals surface area contributed by atoms with E-state index in [-0.39, 0.29) is 23.3 Å². The molecule has 11 heteroatoms. The lowest BCUT2D eigenvalue weighted by Crippen LogP contribution is -2.58. The lowest BCUT2D eigenvalue weighted by atomic mass is 9.50. The van der Waals surface area contributed by atoms with Crippen LogP contribution in [0.5, 0.6) is 0 Å². The second-order valence-electron chi connectivity index (χ2n) is 8.56. The fourth-order valence-electron chi connectivity index (χ4n) is 5.35. The normalized spacial score (nSPS) is 34.5. The SMILES string of the molecule is C=C(C)C(=O)OC12CC3CC(C1)C(C(=O)OC(CS(=O)(=O)O)C(F)(F)F)C(C3)C2. The van der Waals surface area contributed by atoms with Crippen molar-refractivity contribution in [1.29, 1.82) is 0 Å². The van der Waals surface area contributed by atoms with Crippen LogP contribution in [0.15, 0.2) is 12.2 Å². The third-order valence-electron chi connectivity index (χ3n) is 6.13. The average Bonchev–Trinajstić information content (AvgIpc) is 2.50. The van der Waals surface area contributed by atoms with Crippen molar-refractivity contribution in [2.45, 2.75) is 56.9 Å². The molecular weight excluding hydrogens is 417 g/mol. The van der Waals surface area contributed by atoms with Crippen molar-refractivity contribution in [2.24, 2.45) is 23.7 Å². The quantitative estimate of drug-likeness (QED) is 0.384. The molecule has 0 radical (unpaired) electrons. The molecule has 0 spiro atoms. The molecule has 7 nitrogen and oxygen atoms in total. The average molecular weight is 440 g/mol. The summed E-state index contributed by atoms with van der Waals surface area (Å²) in [5.74, 6) is -4.65. The molecule has 29 heavy (non-hydrogen) atoms. The summed E-state index contributed by atoms with van der Waals surface area (Å²) in [4.78, 5) is 24.6. The van der Waals surface area contributed by atoms with E-state index in [0.29, 0.717) is 32.1 Å². The van der Waals surface area contributed by atoms with Crippen molar-refractivity contribution in [3.05, 3.63) is 12.2 Å². The van der Waals surface area contributed by atoms with E-state index >= 15 is 0 Å². The van der Waals surface area contributed by atoms with Crippen molar-refractivity contribution in [2.75, 3.05) is 5.75 Å². The van der Waals surface area contributed by atoms with E-state index < -0.39 is 51.6 Å². The third kappa shape index (κ3) is 4.76. The predicted octanol–water partition coefficient (Wildman–Crippen LogP) is 2.66. The summed E-state index contributed by atoms with van der Waals surface area (Å²) in [7, 11) is -5.00. The molecule has 164 valence electrons. The highest BCUT2D eigenvalue weighted by Crippen LogP contribution is 2.60. The summed E-state index contributed by atoms with van der Waals surface area (Å²) in [5.41, 5.74) is -0.504. The zero-order valence-electron chi connectivity index (χ0n) is 15.8. The first-order chi connectivity index (χ1) is 13.2. The minimum Gasteiger partial charge on any atom is -0.456 e. The Bertz CT molecular complexity index is 804. The molecule has 0 aliphatic heterocycles. The van der Waals surface area contributed by atoms with Gasteiger partial charge in [0.25, 0.3) is 10.1 Å². The van der Waals surface area contributed by atoms with Crippen molar-refractivity contribution < 1.29 is 45.2 Å². The zero-order valence-corrected chi connectivity index (χ0v) is 16.6. The molecule has 0 saturated heterocycles. The number of hydrogen-bond acceptors (Lipinski definition) is 6. The molecule has 0 aromatic heterocycles. The monoisotopic (exact) mass is 440 g/mol. The Labute approximate surface area is 166 Å². The van der Waals surface area contributed by atoms with Crippen molar-refractivity contribution >= 4 is 22.1 Å². The minimum absolute atomic E-state index is 0.200. The van der Waals surface area contributed by atoms with Gasteiger partial charge in [0.15, 0.2) is 0 Å². The first kappa shape index (κ1) is 22.1. The summed E-state index contributed by atoms with van der Waals surface area (Å²) >= 11 is 0. The Hall–Kier alpha value is -1.62. The lowest BCUT2D eigenvalue weighted by Gasteiger charge is -2.58. The van der Waals surface area contributed by atoms with Crippen molar-refractivity contribution in [3.63, 3.8) is 0 Å². The molecule has 4 fully saturated rings. The Kier molecular flexibility index (Phi) is 5.53. The van der Waals surface area contributed by atoms with E-state index in [1.807, 2.05) is 0 Å². The number of rotatable bonds is 6. The second-order valence-corrected chi connectivity index (χ2v) is 10.1. The third-order valence-corrected chi connectivity index (χ3v) is 6.86. The van der Waals surface area contributed by atoms with Gasteiger partial charge in [0.1, 0.15) is 11.4 Å². The molecule has 4 saturated carbocycles. The van der Waals surface area contributed by atoms with Crippen LogP contribution in [0.1, 0.15) is 39.0 Å². The van der Waals surface area contributed by atoms with Crippen LogP contribution in [0.2, 0.25) is 0 Å². The maximum atomic E-state index is 13.1. The summed E-state index contributed by atoms with van der Waals surface area (Å²) in [6.45, 7) is 5.08. The summed E-state index contributed by atoms with van der Waals surface area (Å²) in [6.07, 6.45) is -5.52. The van der Waals surface area contributed by atoms with Gasteiger partial charge in [0.2, 0.25) is 6.10 Å². The van der Waals surface area contributed by atoms with E-state index in [1.54, 1.807) is 0 Å². The van der Waals surface area contributed by atoms with Gasteiger partial charge in [-0.3, -0.25) is 9.35 Å². The maximum Gasteiger partial charge on any atom is 0.426 e. The molecule has 1 N–H and O–H groups in total. The summed E-state index contributed by atoms with van der Waals surface area (Å²) < 4.78 is 80.1. The summed E-state index contributed by atoms with van der Waals surface area (Å²) in [5, 5.41) is 0. The van der Waals surface area contributed by atoms with Gasteiger partial charge < -0.3 is 9.47 Å². The fraction of sp³-hybridized carbons (Fsp3) is 0.778. The van der Waals surface area contributed by atoms with E-state index in [2.05, 4.69) is 11.3 Å². The number of carbonyl (C=O) groups is 2. The van der Waals surface area contributed by atoms with Gasteiger partial charge in [-0.2, -0.15) is 21.6 Å². The molecule has 4 rings (SSSR count). The molecule has 0 amide bonds. The molecule has 3 unspecified atom stereocenters. The fourth-order valence-corrected chi connectivity index (χ4v) is 5.99. The van der Waals surface area contributed by atoms with Crippen LogP contribution in [0.4, 0.5) is 13.2 Å². The number of hydrogen-bond donors (Lipinski definition) is 1. The van der Waals surface area contributed by atoms with E-state index in [1.165, 1.54) is 6.92 Å². The van der Waals surface area contributed by atoms with Crippen LogP contribution < -0.4 is 0 Å². The molecule has 3 atom stereocenters. The summed E-state index contributed by atoms with van der Waals surface area (Å²) in [6, 6.07) is 0. The Morgan fingerprint density at radius 1 is 1.21 bits per heavy atom. The van der Waals surface area contributed by atoms with E-state index in [9.17, 15) is 31.2 Å². The largest absolute Gasteiger partial charge is 0.456 e. The highest BCUT2D eigenvalue weighted by atomic mass is 32.2. The number of esters is 2. The van der Waals surface area contributed by atoms with Gasteiger partial charge in [0.05, 0.1) is 5.92 Å². The standard InChI is InChI=1S/C18H23F3O7S/c1-9(2)15(22)28-17-5-10-3-11(6-17)14(12(4-10)7-17)16(23)27-13(18(19,20)21)8-29(24,25)26/h10-14H,1,3-8H2,2H3,(H,24,25,26). The topological polar surface area (TPSA) is 107 Å². The number of carbonyl (C=O) groups excluding carboxylic acids is 2. The highest BCUT2D eigenvalue weighted by Gasteiger charge is 2.60. The number of halogens is 3. The molecule has 4 aliphatic rings. The van der Waals surface area contributed by atoms with Gasteiger partial charge in [-0.05, 0) is 56.8 Å². The zero-order chi connectivity index (χ0) is 21.8. The Morgan fingerprint density at radius 3 is 2.21 bits per heavy atom. The highest BCUT2D eigenvalue weighted by molar-refractivity contribution is 7.85. The molecular formula is C18H23F3O7S. The first-order valence-corrected chi connectivity index (χ1v) is 10.9. The first-order valence-electron chi connectivity index (χ1n) is 9.30. The van der Waals surface area contributed by atoms with Crippen molar-refractivity contribution in [3.8, 4) is 0 Å². The molecule has 0 heterocycles. The van der Waals surface area contributed by atoms with Gasteiger partial charge in [0, 0.05) is 5.57 Å². The van der Waals surface area contributed by atoms with Crippen LogP contribution in [-0.2, 0) is 29.2 Å². The van der Waals surface area contributed by atoms with Crippen LogP contribution >= 0.6 is 0 Å². The predicted molar refractivity (Wildman–Crippen MR) is 93.0 cm³/mol. The maximum absolute atomic E-state index is 13.1. The van der Waals surface area contributed by atoms with Gasteiger partial charge in [-0.25, -0.2) is 4.79 Å². The van der Waals surface area contributed by atoms with Crippen LogP contribution in [0, 0.1) is 23.7 Å². The number of ether oxygens (including phenoxy) is 2.